The molecule has 1 aliphatic heterocycles. The summed E-state index contributed by atoms with van der Waals surface area (Å²) in [7, 11) is 4.01. The second-order valence-corrected chi connectivity index (χ2v) is 5.84. The molecule has 6 heteroatoms. The van der Waals surface area contributed by atoms with Gasteiger partial charge in [0.05, 0.1) is 23.8 Å². The number of aromatic nitrogens is 3. The fourth-order valence-electron chi connectivity index (χ4n) is 2.79. The van der Waals surface area contributed by atoms with Gasteiger partial charge in [0.2, 0.25) is 0 Å². The number of hydrogen-bond acceptors (Lipinski definition) is 4. The topological polar surface area (TPSA) is 63.1 Å². The molecule has 0 unspecified atom stereocenters. The Balaban J connectivity index is 1.80. The zero-order valence-corrected chi connectivity index (χ0v) is 13.0. The molecule has 1 fully saturated rings. The normalized spacial score (nSPS) is 16.6. The van der Waals surface area contributed by atoms with Crippen LogP contribution >= 0.6 is 0 Å². The van der Waals surface area contributed by atoms with Crippen LogP contribution in [0.5, 0.6) is 0 Å². The van der Waals surface area contributed by atoms with E-state index in [1.165, 1.54) is 0 Å². The maximum absolute atomic E-state index is 12.6. The highest BCUT2D eigenvalue weighted by Crippen LogP contribution is 2.20. The average Bonchev–Trinajstić information content (AvgIpc) is 2.95. The quantitative estimate of drug-likeness (QED) is 0.928. The lowest BCUT2D eigenvalue weighted by molar-refractivity contribution is 0.0917. The summed E-state index contributed by atoms with van der Waals surface area (Å²) in [4.78, 5) is 23.4. The smallest absolute Gasteiger partial charge is 0.253 e. The minimum Gasteiger partial charge on any atom is -0.349 e. The third-order valence-electron chi connectivity index (χ3n) is 4.17. The van der Waals surface area contributed by atoms with Crippen LogP contribution in [0.2, 0.25) is 0 Å². The minimum atomic E-state index is -0.0566. The zero-order valence-electron chi connectivity index (χ0n) is 13.0. The third kappa shape index (κ3) is 3.01. The molecule has 6 nitrogen and oxygen atoms in total. The van der Waals surface area contributed by atoms with E-state index in [2.05, 4.69) is 27.2 Å². The van der Waals surface area contributed by atoms with E-state index in [4.69, 9.17) is 0 Å². The number of pyridine rings is 1. The summed E-state index contributed by atoms with van der Waals surface area (Å²) in [6, 6.07) is 3.85. The lowest BCUT2D eigenvalue weighted by atomic mass is 10.0. The van der Waals surface area contributed by atoms with E-state index in [1.54, 1.807) is 24.8 Å². The van der Waals surface area contributed by atoms with E-state index in [9.17, 15) is 4.79 Å². The van der Waals surface area contributed by atoms with Crippen LogP contribution in [-0.4, -0.2) is 51.5 Å². The van der Waals surface area contributed by atoms with Crippen molar-refractivity contribution in [3.05, 3.63) is 36.4 Å². The molecule has 1 saturated heterocycles. The number of likely N-dealkylation sites (tertiary alicyclic amines) is 1. The molecule has 0 aromatic carbocycles. The molecule has 0 bridgehead atoms. The molecule has 0 saturated carbocycles. The van der Waals surface area contributed by atoms with Gasteiger partial charge < -0.3 is 14.8 Å². The van der Waals surface area contributed by atoms with Gasteiger partial charge in [0.25, 0.3) is 5.91 Å². The number of amides is 1. The van der Waals surface area contributed by atoms with Crippen LogP contribution in [0.3, 0.4) is 0 Å². The highest BCUT2D eigenvalue weighted by Gasteiger charge is 2.21. The number of rotatable bonds is 3. The fourth-order valence-corrected chi connectivity index (χ4v) is 2.79. The summed E-state index contributed by atoms with van der Waals surface area (Å²) in [5.74, 6) is -0.0566. The van der Waals surface area contributed by atoms with Gasteiger partial charge in [-0.3, -0.25) is 9.78 Å². The van der Waals surface area contributed by atoms with Gasteiger partial charge in [0.15, 0.2) is 0 Å². The summed E-state index contributed by atoms with van der Waals surface area (Å²) in [5.41, 5.74) is 2.12. The first-order chi connectivity index (χ1) is 10.6. The molecular weight excluding hydrogens is 278 g/mol. The molecule has 3 rings (SSSR count). The summed E-state index contributed by atoms with van der Waals surface area (Å²) < 4.78 is 1.87. The van der Waals surface area contributed by atoms with E-state index < -0.39 is 0 Å². The monoisotopic (exact) mass is 299 g/mol. The van der Waals surface area contributed by atoms with Crippen molar-refractivity contribution in [2.24, 2.45) is 7.05 Å². The molecule has 0 radical (unpaired) electrons. The number of nitrogens with one attached hydrogen (secondary N) is 1. The Morgan fingerprint density at radius 1 is 1.32 bits per heavy atom. The second-order valence-electron chi connectivity index (χ2n) is 5.84. The number of nitrogens with zero attached hydrogens (tertiary/aromatic N) is 4. The van der Waals surface area contributed by atoms with Crippen molar-refractivity contribution in [2.75, 3.05) is 20.1 Å². The fraction of sp³-hybridized carbons (Fsp3) is 0.438. The molecule has 2 aromatic heterocycles. The molecule has 1 amide bonds. The predicted octanol–water partition coefficient (Wildman–Crippen LogP) is 1.31. The van der Waals surface area contributed by atoms with Crippen molar-refractivity contribution in [3.63, 3.8) is 0 Å². The Morgan fingerprint density at radius 3 is 2.77 bits per heavy atom. The first-order valence-corrected chi connectivity index (χ1v) is 7.56. The molecule has 0 atom stereocenters. The van der Waals surface area contributed by atoms with Crippen molar-refractivity contribution in [1.29, 1.82) is 0 Å². The predicted molar refractivity (Wildman–Crippen MR) is 84.4 cm³/mol. The van der Waals surface area contributed by atoms with Crippen LogP contribution in [0.4, 0.5) is 0 Å². The van der Waals surface area contributed by atoms with Crippen LogP contribution in [0, 0.1) is 0 Å². The van der Waals surface area contributed by atoms with E-state index in [0.717, 1.165) is 31.6 Å². The molecule has 3 heterocycles. The lowest BCUT2D eigenvalue weighted by Gasteiger charge is -2.29. The van der Waals surface area contributed by atoms with Crippen LogP contribution < -0.4 is 5.32 Å². The summed E-state index contributed by atoms with van der Waals surface area (Å²) in [5, 5.41) is 3.14. The van der Waals surface area contributed by atoms with Crippen molar-refractivity contribution in [2.45, 2.75) is 18.9 Å². The largest absolute Gasteiger partial charge is 0.349 e. The number of hydrogen-bond donors (Lipinski definition) is 1. The van der Waals surface area contributed by atoms with Gasteiger partial charge in [0.1, 0.15) is 5.69 Å². The minimum absolute atomic E-state index is 0.0566. The summed E-state index contributed by atoms with van der Waals surface area (Å²) in [6.45, 7) is 2.04. The Bertz CT molecular complexity index is 658. The van der Waals surface area contributed by atoms with Gasteiger partial charge in [-0.2, -0.15) is 0 Å². The van der Waals surface area contributed by atoms with E-state index >= 15 is 0 Å². The zero-order chi connectivity index (χ0) is 15.5. The molecule has 116 valence electrons. The Kier molecular flexibility index (Phi) is 4.20. The lowest BCUT2D eigenvalue weighted by Crippen LogP contribution is -2.43. The number of carbonyl (C=O) groups is 1. The van der Waals surface area contributed by atoms with Gasteiger partial charge in [-0.15, -0.1) is 0 Å². The maximum atomic E-state index is 12.6. The molecular formula is C16H21N5O. The molecule has 2 aromatic rings. The van der Waals surface area contributed by atoms with Crippen LogP contribution in [-0.2, 0) is 7.05 Å². The van der Waals surface area contributed by atoms with Crippen molar-refractivity contribution >= 4 is 5.91 Å². The third-order valence-corrected chi connectivity index (χ3v) is 4.17. The van der Waals surface area contributed by atoms with Crippen LogP contribution in [0.15, 0.2) is 30.9 Å². The van der Waals surface area contributed by atoms with Crippen molar-refractivity contribution < 1.29 is 4.79 Å². The Labute approximate surface area is 130 Å². The van der Waals surface area contributed by atoms with Gasteiger partial charge in [0, 0.05) is 19.3 Å². The maximum Gasteiger partial charge on any atom is 0.253 e. The molecule has 0 spiro atoms. The standard InChI is InChI=1S/C16H21N5O/c1-20-8-5-12(6-9-20)19-16(22)13-4-3-7-18-15(13)14-10-17-11-21(14)2/h3-4,7,10-12H,5-6,8-9H2,1-2H3,(H,19,22). The first kappa shape index (κ1) is 14.7. The SMILES string of the molecule is CN1CCC(NC(=O)c2cccnc2-c2cncn2C)CC1. The summed E-state index contributed by atoms with van der Waals surface area (Å²) in [6.07, 6.45) is 7.12. The van der Waals surface area contributed by atoms with Gasteiger partial charge in [-0.1, -0.05) is 0 Å². The summed E-state index contributed by atoms with van der Waals surface area (Å²) >= 11 is 0. The van der Waals surface area contributed by atoms with Crippen LogP contribution in [0.1, 0.15) is 23.2 Å². The Morgan fingerprint density at radius 2 is 2.09 bits per heavy atom. The van der Waals surface area contributed by atoms with Crippen molar-refractivity contribution in [1.82, 2.24) is 24.8 Å². The average molecular weight is 299 g/mol. The second kappa shape index (κ2) is 6.27. The number of aryl methyl sites for hydroxylation is 1. The first-order valence-electron chi connectivity index (χ1n) is 7.56. The molecule has 0 aliphatic carbocycles. The number of piperidine rings is 1. The van der Waals surface area contributed by atoms with Gasteiger partial charge in [-0.05, 0) is 45.1 Å². The van der Waals surface area contributed by atoms with Gasteiger partial charge >= 0.3 is 0 Å². The number of imidazole rings is 1. The van der Waals surface area contributed by atoms with E-state index in [1.807, 2.05) is 17.7 Å². The Hall–Kier alpha value is -2.21. The highest BCUT2D eigenvalue weighted by atomic mass is 16.1. The van der Waals surface area contributed by atoms with Crippen molar-refractivity contribution in [3.8, 4) is 11.4 Å². The van der Waals surface area contributed by atoms with Gasteiger partial charge in [-0.25, -0.2) is 4.98 Å². The van der Waals surface area contributed by atoms with E-state index in [0.29, 0.717) is 11.3 Å². The molecule has 1 aliphatic rings. The molecule has 22 heavy (non-hydrogen) atoms. The van der Waals surface area contributed by atoms with Crippen LogP contribution in [0.25, 0.3) is 11.4 Å². The number of carbonyl (C=O) groups excluding carboxylic acids is 1. The highest BCUT2D eigenvalue weighted by molar-refractivity contribution is 5.99. The van der Waals surface area contributed by atoms with E-state index in [-0.39, 0.29) is 11.9 Å². The molecule has 1 N–H and O–H groups in total.